The van der Waals surface area contributed by atoms with Gasteiger partial charge in [0, 0.05) is 38.1 Å². The molecule has 0 unspecified atom stereocenters. The third kappa shape index (κ3) is 3.07. The van der Waals surface area contributed by atoms with Gasteiger partial charge >= 0.3 is 5.97 Å². The molecule has 7 nitrogen and oxygen atoms in total. The number of halogens is 2. The number of aromatic nitrogens is 1. The van der Waals surface area contributed by atoms with Crippen molar-refractivity contribution < 1.29 is 18.7 Å². The summed E-state index contributed by atoms with van der Waals surface area (Å²) in [5, 5.41) is 8.97. The van der Waals surface area contributed by atoms with E-state index in [4.69, 9.17) is 5.73 Å². The first kappa shape index (κ1) is 19.8. The summed E-state index contributed by atoms with van der Waals surface area (Å²) < 4.78 is 32.2. The Hall–Kier alpha value is -3.46. The van der Waals surface area contributed by atoms with Gasteiger partial charge in [0.25, 0.3) is 0 Å². The zero-order valence-electron chi connectivity index (χ0n) is 16.2. The minimum Gasteiger partial charge on any atom is -0.477 e. The van der Waals surface area contributed by atoms with Crippen LogP contribution in [0.4, 0.5) is 20.2 Å². The Morgan fingerprint density at radius 1 is 1.07 bits per heavy atom. The van der Waals surface area contributed by atoms with Crippen LogP contribution in [0.1, 0.15) is 10.4 Å². The van der Waals surface area contributed by atoms with Gasteiger partial charge in [-0.2, -0.15) is 0 Å². The van der Waals surface area contributed by atoms with Crippen LogP contribution in [0.15, 0.2) is 41.3 Å². The SMILES string of the molecule is CN1CCN(c2c(F)c(N)c3c(=O)c(C(=O)O)cn(-c4ccccc4)c3c2F)CC1. The van der Waals surface area contributed by atoms with Gasteiger partial charge in [-0.15, -0.1) is 0 Å². The molecule has 4 rings (SSSR count). The Morgan fingerprint density at radius 2 is 1.70 bits per heavy atom. The van der Waals surface area contributed by atoms with Gasteiger partial charge in [-0.05, 0) is 19.2 Å². The van der Waals surface area contributed by atoms with Gasteiger partial charge in [-0.3, -0.25) is 4.79 Å². The van der Waals surface area contributed by atoms with Gasteiger partial charge in [0.2, 0.25) is 5.43 Å². The van der Waals surface area contributed by atoms with Crippen molar-refractivity contribution in [2.45, 2.75) is 0 Å². The zero-order chi connectivity index (χ0) is 21.6. The molecule has 30 heavy (non-hydrogen) atoms. The van der Waals surface area contributed by atoms with Gasteiger partial charge in [0.15, 0.2) is 11.6 Å². The standard InChI is InChI=1S/C21H20F2N4O3/c1-25-7-9-26(10-8-25)19-15(22)17(24)14-18(16(19)23)27(12-5-3-2-4-6-12)11-13(20(14)28)21(29)30/h2-6,11H,7-10,24H2,1H3,(H,29,30). The van der Waals surface area contributed by atoms with Crippen molar-refractivity contribution in [1.29, 1.82) is 0 Å². The number of hydrogen-bond donors (Lipinski definition) is 2. The molecule has 9 heteroatoms. The summed E-state index contributed by atoms with van der Waals surface area (Å²) in [5.74, 6) is -3.50. The van der Waals surface area contributed by atoms with Crippen LogP contribution in [0.5, 0.6) is 0 Å². The Kier molecular flexibility index (Phi) is 4.90. The summed E-state index contributed by atoms with van der Waals surface area (Å²) in [6.45, 7) is 2.00. The number of nitrogens with two attached hydrogens (primary N) is 1. The summed E-state index contributed by atoms with van der Waals surface area (Å²) >= 11 is 0. The van der Waals surface area contributed by atoms with Crippen LogP contribution in [0.25, 0.3) is 16.6 Å². The number of carboxylic acid groups (broad SMARTS) is 1. The topological polar surface area (TPSA) is 91.8 Å². The van der Waals surface area contributed by atoms with Crippen molar-refractivity contribution in [3.05, 3.63) is 63.9 Å². The van der Waals surface area contributed by atoms with Gasteiger partial charge in [-0.25, -0.2) is 13.6 Å². The molecular formula is C21H20F2N4O3. The molecule has 2 heterocycles. The largest absolute Gasteiger partial charge is 0.477 e. The molecule has 1 saturated heterocycles. The normalized spacial score (nSPS) is 15.0. The molecule has 2 aromatic carbocycles. The average molecular weight is 414 g/mol. The molecule has 0 amide bonds. The lowest BCUT2D eigenvalue weighted by Gasteiger charge is -2.35. The third-order valence-electron chi connectivity index (χ3n) is 5.42. The first-order valence-electron chi connectivity index (χ1n) is 9.39. The van der Waals surface area contributed by atoms with E-state index in [0.717, 1.165) is 6.20 Å². The molecule has 0 atom stereocenters. The molecule has 156 valence electrons. The molecule has 1 fully saturated rings. The fraction of sp³-hybridized carbons (Fsp3) is 0.238. The molecule has 0 saturated carbocycles. The molecule has 1 aliphatic rings. The lowest BCUT2D eigenvalue weighted by Crippen LogP contribution is -2.45. The van der Waals surface area contributed by atoms with Crippen molar-refractivity contribution in [3.8, 4) is 5.69 Å². The fourth-order valence-corrected chi connectivity index (χ4v) is 3.78. The minimum atomic E-state index is -1.50. The van der Waals surface area contributed by atoms with Gasteiger partial charge < -0.3 is 25.2 Å². The summed E-state index contributed by atoms with van der Waals surface area (Å²) in [5.41, 5.74) is 3.62. The molecule has 1 aliphatic heterocycles. The van der Waals surface area contributed by atoms with Gasteiger partial charge in [0.05, 0.1) is 16.6 Å². The summed E-state index contributed by atoms with van der Waals surface area (Å²) in [6, 6.07) is 8.37. The maximum absolute atomic E-state index is 15.8. The number of hydrogen-bond acceptors (Lipinski definition) is 5. The van der Waals surface area contributed by atoms with Gasteiger partial charge in [-0.1, -0.05) is 18.2 Å². The molecule has 0 aliphatic carbocycles. The van der Waals surface area contributed by atoms with Crippen molar-refractivity contribution in [2.75, 3.05) is 43.9 Å². The predicted molar refractivity (Wildman–Crippen MR) is 111 cm³/mol. The lowest BCUT2D eigenvalue weighted by atomic mass is 10.1. The monoisotopic (exact) mass is 414 g/mol. The van der Waals surface area contributed by atoms with Crippen LogP contribution < -0.4 is 16.1 Å². The van der Waals surface area contributed by atoms with E-state index >= 15 is 8.78 Å². The molecular weight excluding hydrogens is 394 g/mol. The number of likely N-dealkylation sites (N-methyl/N-ethyl adjacent to an activating group) is 1. The Morgan fingerprint density at radius 3 is 2.30 bits per heavy atom. The summed E-state index contributed by atoms with van der Waals surface area (Å²) in [4.78, 5) is 28.0. The number of rotatable bonds is 3. The van der Waals surface area contributed by atoms with Crippen molar-refractivity contribution in [1.82, 2.24) is 9.47 Å². The maximum atomic E-state index is 15.8. The second-order valence-corrected chi connectivity index (χ2v) is 7.29. The first-order chi connectivity index (χ1) is 14.3. The zero-order valence-corrected chi connectivity index (χ0v) is 16.2. The number of para-hydroxylation sites is 1. The predicted octanol–water partition coefficient (Wildman–Crippen LogP) is 2.30. The molecule has 1 aromatic heterocycles. The number of anilines is 2. The number of aromatic carboxylic acids is 1. The van der Waals surface area contributed by atoms with E-state index in [1.807, 2.05) is 11.9 Å². The number of benzene rings is 2. The van der Waals surface area contributed by atoms with E-state index in [2.05, 4.69) is 0 Å². The summed E-state index contributed by atoms with van der Waals surface area (Å²) in [6.07, 6.45) is 1.05. The molecule has 0 bridgehead atoms. The number of piperazine rings is 1. The smallest absolute Gasteiger partial charge is 0.341 e. The van der Waals surface area contributed by atoms with E-state index in [-0.39, 0.29) is 11.2 Å². The first-order valence-corrected chi connectivity index (χ1v) is 9.39. The van der Waals surface area contributed by atoms with E-state index in [9.17, 15) is 14.7 Å². The second kappa shape index (κ2) is 7.42. The highest BCUT2D eigenvalue weighted by molar-refractivity contribution is 6.00. The van der Waals surface area contributed by atoms with Crippen LogP contribution >= 0.6 is 0 Å². The average Bonchev–Trinajstić information content (AvgIpc) is 2.73. The maximum Gasteiger partial charge on any atom is 0.341 e. The molecule has 3 aromatic rings. The third-order valence-corrected chi connectivity index (χ3v) is 5.42. The fourth-order valence-electron chi connectivity index (χ4n) is 3.78. The highest BCUT2D eigenvalue weighted by Gasteiger charge is 2.29. The Balaban J connectivity index is 2.11. The number of pyridine rings is 1. The molecule has 3 N–H and O–H groups in total. The van der Waals surface area contributed by atoms with E-state index in [1.54, 1.807) is 35.2 Å². The second-order valence-electron chi connectivity index (χ2n) is 7.29. The highest BCUT2D eigenvalue weighted by Crippen LogP contribution is 2.36. The van der Waals surface area contributed by atoms with E-state index in [1.165, 1.54) is 4.57 Å². The minimum absolute atomic E-state index is 0.246. The van der Waals surface area contributed by atoms with Crippen LogP contribution in [-0.2, 0) is 0 Å². The quantitative estimate of drug-likeness (QED) is 0.639. The van der Waals surface area contributed by atoms with Crippen molar-refractivity contribution in [2.24, 2.45) is 0 Å². The Labute approximate surface area is 170 Å². The number of fused-ring (bicyclic) bond motifs is 1. The Bertz CT molecular complexity index is 1200. The van der Waals surface area contributed by atoms with Crippen LogP contribution in [0.2, 0.25) is 0 Å². The molecule has 0 radical (unpaired) electrons. The van der Waals surface area contributed by atoms with Crippen molar-refractivity contribution in [3.63, 3.8) is 0 Å². The number of carbonyl (C=O) groups is 1. The summed E-state index contributed by atoms with van der Waals surface area (Å²) in [7, 11) is 1.92. The van der Waals surface area contributed by atoms with E-state index in [0.29, 0.717) is 31.9 Å². The van der Waals surface area contributed by atoms with Crippen LogP contribution in [0, 0.1) is 11.6 Å². The number of nitrogens with zero attached hydrogens (tertiary/aromatic N) is 3. The van der Waals surface area contributed by atoms with E-state index < -0.39 is 39.7 Å². The highest BCUT2D eigenvalue weighted by atomic mass is 19.1. The lowest BCUT2D eigenvalue weighted by molar-refractivity contribution is 0.0695. The van der Waals surface area contributed by atoms with Crippen LogP contribution in [-0.4, -0.2) is 53.8 Å². The number of nitrogen functional groups attached to an aromatic ring is 1. The van der Waals surface area contributed by atoms with Gasteiger partial charge in [0.1, 0.15) is 11.3 Å². The number of carboxylic acids is 1. The van der Waals surface area contributed by atoms with Crippen LogP contribution in [0.3, 0.4) is 0 Å². The molecule has 0 spiro atoms. The van der Waals surface area contributed by atoms with Crippen molar-refractivity contribution >= 4 is 28.2 Å².